The normalized spacial score (nSPS) is 14.6. The molecule has 5 aromatic carbocycles. The molecular formula is C35H22N4. The number of aliphatic imine (C=N–C) groups is 1. The van der Waals surface area contributed by atoms with Crippen molar-refractivity contribution < 1.29 is 0 Å². The molecule has 0 spiro atoms. The molecule has 8 rings (SSSR count). The van der Waals surface area contributed by atoms with E-state index in [1.165, 1.54) is 27.8 Å². The Morgan fingerprint density at radius 3 is 1.62 bits per heavy atom. The minimum absolute atomic E-state index is 0.123. The van der Waals surface area contributed by atoms with Gasteiger partial charge in [0.2, 0.25) is 0 Å². The molecule has 4 heteroatoms. The molecule has 0 saturated heterocycles. The average Bonchev–Trinajstić information content (AvgIpc) is 3.41. The van der Waals surface area contributed by atoms with Crippen molar-refractivity contribution >= 4 is 11.4 Å². The third-order valence-electron chi connectivity index (χ3n) is 7.58. The van der Waals surface area contributed by atoms with Crippen LogP contribution in [0.5, 0.6) is 0 Å². The number of rotatable bonds is 3. The van der Waals surface area contributed by atoms with Gasteiger partial charge in [-0.15, -0.1) is 0 Å². The first-order valence-electron chi connectivity index (χ1n) is 13.1. The summed E-state index contributed by atoms with van der Waals surface area (Å²) < 4.78 is 0. The number of hydrogen-bond acceptors (Lipinski definition) is 4. The number of hydrogen-bond donors (Lipinski definition) is 0. The van der Waals surface area contributed by atoms with E-state index in [1.54, 1.807) is 0 Å². The highest BCUT2D eigenvalue weighted by Gasteiger charge is 2.36. The van der Waals surface area contributed by atoms with Gasteiger partial charge in [-0.3, -0.25) is 4.99 Å². The molecule has 0 bridgehead atoms. The SMILES string of the molecule is c1ccc(-c2nc(-c3ccccc3)nc(-c3ccc4c(c3)N=C3c5ccccc5-c5ccccc5C34)n2)cc1. The van der Waals surface area contributed by atoms with E-state index in [0.717, 1.165) is 28.1 Å². The van der Waals surface area contributed by atoms with Crippen LogP contribution in [0.3, 0.4) is 0 Å². The minimum atomic E-state index is 0.123. The maximum atomic E-state index is 5.21. The maximum absolute atomic E-state index is 5.21. The molecule has 182 valence electrons. The van der Waals surface area contributed by atoms with Crippen molar-refractivity contribution in [2.24, 2.45) is 4.99 Å². The van der Waals surface area contributed by atoms with E-state index in [0.29, 0.717) is 17.5 Å². The van der Waals surface area contributed by atoms with Crippen LogP contribution in [0.2, 0.25) is 0 Å². The van der Waals surface area contributed by atoms with Gasteiger partial charge in [0.25, 0.3) is 0 Å². The third-order valence-corrected chi connectivity index (χ3v) is 7.58. The van der Waals surface area contributed by atoms with Crippen LogP contribution < -0.4 is 0 Å². The highest BCUT2D eigenvalue weighted by molar-refractivity contribution is 6.18. The predicted octanol–water partition coefficient (Wildman–Crippen LogP) is 8.12. The Kier molecular flexibility index (Phi) is 4.85. The Balaban J connectivity index is 1.30. The highest BCUT2D eigenvalue weighted by Crippen LogP contribution is 2.50. The second kappa shape index (κ2) is 8.67. The van der Waals surface area contributed by atoms with Crippen molar-refractivity contribution in [1.82, 2.24) is 15.0 Å². The molecule has 0 fully saturated rings. The Morgan fingerprint density at radius 2 is 0.949 bits per heavy atom. The van der Waals surface area contributed by atoms with Crippen LogP contribution in [-0.4, -0.2) is 20.7 Å². The Morgan fingerprint density at radius 1 is 0.410 bits per heavy atom. The first-order chi connectivity index (χ1) is 19.3. The molecule has 0 amide bonds. The number of nitrogens with zero attached hydrogens (tertiary/aromatic N) is 4. The van der Waals surface area contributed by atoms with Crippen LogP contribution >= 0.6 is 0 Å². The number of fused-ring (bicyclic) bond motifs is 8. The molecule has 0 radical (unpaired) electrons. The van der Waals surface area contributed by atoms with Gasteiger partial charge in [-0.25, -0.2) is 15.0 Å². The van der Waals surface area contributed by atoms with Gasteiger partial charge in [0.15, 0.2) is 17.5 Å². The van der Waals surface area contributed by atoms with Crippen LogP contribution in [0, 0.1) is 0 Å². The fraction of sp³-hybridized carbons (Fsp3) is 0.0286. The molecule has 39 heavy (non-hydrogen) atoms. The Labute approximate surface area is 226 Å². The maximum Gasteiger partial charge on any atom is 0.164 e. The van der Waals surface area contributed by atoms with Crippen molar-refractivity contribution in [3.8, 4) is 45.3 Å². The summed E-state index contributed by atoms with van der Waals surface area (Å²) in [6.07, 6.45) is 0. The molecule has 1 atom stereocenters. The molecule has 0 saturated carbocycles. The lowest BCUT2D eigenvalue weighted by atomic mass is 9.75. The van der Waals surface area contributed by atoms with Crippen molar-refractivity contribution in [3.63, 3.8) is 0 Å². The topological polar surface area (TPSA) is 51.0 Å². The minimum Gasteiger partial charge on any atom is -0.251 e. The smallest absolute Gasteiger partial charge is 0.164 e. The van der Waals surface area contributed by atoms with Gasteiger partial charge in [-0.05, 0) is 28.3 Å². The lowest BCUT2D eigenvalue weighted by Gasteiger charge is -2.26. The summed E-state index contributed by atoms with van der Waals surface area (Å²) in [4.78, 5) is 19.9. The summed E-state index contributed by atoms with van der Waals surface area (Å²) in [5.74, 6) is 2.07. The van der Waals surface area contributed by atoms with E-state index < -0.39 is 0 Å². The lowest BCUT2D eigenvalue weighted by molar-refractivity contribution is 1.07. The van der Waals surface area contributed by atoms with E-state index in [1.807, 2.05) is 60.7 Å². The summed E-state index contributed by atoms with van der Waals surface area (Å²) >= 11 is 0. The molecule has 4 nitrogen and oxygen atoms in total. The zero-order valence-corrected chi connectivity index (χ0v) is 21.0. The van der Waals surface area contributed by atoms with Gasteiger partial charge in [0.1, 0.15) is 0 Å². The van der Waals surface area contributed by atoms with E-state index in [-0.39, 0.29) is 5.92 Å². The van der Waals surface area contributed by atoms with E-state index in [9.17, 15) is 0 Å². The van der Waals surface area contributed by atoms with Crippen LogP contribution in [-0.2, 0) is 0 Å². The van der Waals surface area contributed by atoms with Gasteiger partial charge >= 0.3 is 0 Å². The molecule has 1 aliphatic heterocycles. The van der Waals surface area contributed by atoms with Gasteiger partial charge in [-0.2, -0.15) is 0 Å². The fourth-order valence-corrected chi connectivity index (χ4v) is 5.77. The van der Waals surface area contributed by atoms with Crippen molar-refractivity contribution in [3.05, 3.63) is 144 Å². The van der Waals surface area contributed by atoms with Gasteiger partial charge in [-0.1, -0.05) is 121 Å². The summed E-state index contributed by atoms with van der Waals surface area (Å²) in [7, 11) is 0. The Hall–Kier alpha value is -5.22. The largest absolute Gasteiger partial charge is 0.251 e. The lowest BCUT2D eigenvalue weighted by Crippen LogP contribution is -2.18. The molecule has 1 unspecified atom stereocenters. The monoisotopic (exact) mass is 498 g/mol. The molecular weight excluding hydrogens is 476 g/mol. The van der Waals surface area contributed by atoms with Crippen LogP contribution in [0.15, 0.2) is 132 Å². The van der Waals surface area contributed by atoms with Crippen LogP contribution in [0.25, 0.3) is 45.3 Å². The molecule has 2 heterocycles. The molecule has 1 aromatic heterocycles. The first-order valence-corrected chi connectivity index (χ1v) is 13.1. The van der Waals surface area contributed by atoms with E-state index in [4.69, 9.17) is 19.9 Å². The zero-order chi connectivity index (χ0) is 25.8. The Bertz CT molecular complexity index is 1850. The first kappa shape index (κ1) is 21.8. The van der Waals surface area contributed by atoms with E-state index in [2.05, 4.69) is 66.7 Å². The molecule has 1 aliphatic carbocycles. The van der Waals surface area contributed by atoms with Gasteiger partial charge in [0.05, 0.1) is 17.3 Å². The second-order valence-electron chi connectivity index (χ2n) is 9.87. The average molecular weight is 499 g/mol. The van der Waals surface area contributed by atoms with Gasteiger partial charge < -0.3 is 0 Å². The van der Waals surface area contributed by atoms with Crippen LogP contribution in [0.4, 0.5) is 5.69 Å². The zero-order valence-electron chi connectivity index (χ0n) is 21.0. The van der Waals surface area contributed by atoms with Crippen molar-refractivity contribution in [2.75, 3.05) is 0 Å². The molecule has 2 aliphatic rings. The quantitative estimate of drug-likeness (QED) is 0.248. The number of benzene rings is 5. The van der Waals surface area contributed by atoms with Crippen LogP contribution in [0.1, 0.15) is 22.6 Å². The van der Waals surface area contributed by atoms with E-state index >= 15 is 0 Å². The van der Waals surface area contributed by atoms with Crippen molar-refractivity contribution in [2.45, 2.75) is 5.92 Å². The summed E-state index contributed by atoms with van der Waals surface area (Å²) in [6.45, 7) is 0. The predicted molar refractivity (Wildman–Crippen MR) is 156 cm³/mol. The summed E-state index contributed by atoms with van der Waals surface area (Å²) in [5.41, 5.74) is 11.2. The summed E-state index contributed by atoms with van der Waals surface area (Å²) in [6, 6.07) is 43.9. The molecule has 6 aromatic rings. The van der Waals surface area contributed by atoms with Crippen molar-refractivity contribution in [1.29, 1.82) is 0 Å². The van der Waals surface area contributed by atoms with Gasteiger partial charge in [0, 0.05) is 22.3 Å². The fourth-order valence-electron chi connectivity index (χ4n) is 5.77. The highest BCUT2D eigenvalue weighted by atomic mass is 15.0. The number of aromatic nitrogens is 3. The molecule has 0 N–H and O–H groups in total. The second-order valence-corrected chi connectivity index (χ2v) is 9.87. The standard InChI is InChI=1S/C35H22N4/c1-3-11-22(12-4-1)33-37-34(23-13-5-2-6-14-23)39-35(38-33)24-19-20-29-30(21-24)36-32-28-18-10-8-16-26(28)25-15-7-9-17-27(25)31(29)32/h1-21,31H. The summed E-state index contributed by atoms with van der Waals surface area (Å²) in [5, 5.41) is 0. The third kappa shape index (κ3) is 3.53.